The highest BCUT2D eigenvalue weighted by atomic mass is 16.5. The fourth-order valence-electron chi connectivity index (χ4n) is 2.02. The second-order valence-corrected chi connectivity index (χ2v) is 4.89. The minimum absolute atomic E-state index is 0.345. The second kappa shape index (κ2) is 7.23. The smallest absolute Gasteiger partial charge is 0.243 e. The van der Waals surface area contributed by atoms with Crippen molar-refractivity contribution in [1.29, 1.82) is 5.26 Å². The van der Waals surface area contributed by atoms with E-state index in [1.807, 2.05) is 49.4 Å². The van der Waals surface area contributed by atoms with E-state index in [9.17, 15) is 10.1 Å². The number of nitriles is 1. The molecule has 1 atom stereocenters. The third kappa shape index (κ3) is 4.06. The molecule has 0 spiro atoms. The molecule has 22 heavy (non-hydrogen) atoms. The standard InChI is InChI=1S/C17H17N3O2/c1-12-4-3-5-16(19-12)20-17(21)14(11-18)10-13-6-8-15(22-2)9-7-13/h3-9,14H,10H2,1-2H3,(H,19,20,21)/t14-/m0/s1. The van der Waals surface area contributed by atoms with Crippen LogP contribution < -0.4 is 10.1 Å². The number of anilines is 1. The quantitative estimate of drug-likeness (QED) is 0.920. The summed E-state index contributed by atoms with van der Waals surface area (Å²) in [4.78, 5) is 16.4. The summed E-state index contributed by atoms with van der Waals surface area (Å²) in [7, 11) is 1.59. The molecular weight excluding hydrogens is 278 g/mol. The lowest BCUT2D eigenvalue weighted by atomic mass is 10.00. The number of benzene rings is 1. The number of aromatic nitrogens is 1. The van der Waals surface area contributed by atoms with E-state index in [1.165, 1.54) is 0 Å². The number of hydrogen-bond acceptors (Lipinski definition) is 4. The van der Waals surface area contributed by atoms with Gasteiger partial charge in [-0.2, -0.15) is 5.26 Å². The molecule has 0 aliphatic heterocycles. The minimum Gasteiger partial charge on any atom is -0.497 e. The van der Waals surface area contributed by atoms with E-state index in [4.69, 9.17) is 4.74 Å². The number of methoxy groups -OCH3 is 1. The molecule has 0 bridgehead atoms. The van der Waals surface area contributed by atoms with Gasteiger partial charge in [0.05, 0.1) is 13.2 Å². The number of rotatable bonds is 5. The van der Waals surface area contributed by atoms with Crippen LogP contribution >= 0.6 is 0 Å². The number of aryl methyl sites for hydroxylation is 1. The summed E-state index contributed by atoms with van der Waals surface area (Å²) >= 11 is 0. The molecule has 1 amide bonds. The fraction of sp³-hybridized carbons (Fsp3) is 0.235. The van der Waals surface area contributed by atoms with Gasteiger partial charge in [0, 0.05) is 5.69 Å². The Morgan fingerprint density at radius 3 is 2.64 bits per heavy atom. The number of hydrogen-bond donors (Lipinski definition) is 1. The van der Waals surface area contributed by atoms with Crippen LogP contribution in [0.15, 0.2) is 42.5 Å². The van der Waals surface area contributed by atoms with Crippen molar-refractivity contribution in [3.63, 3.8) is 0 Å². The molecule has 5 heteroatoms. The third-order valence-electron chi connectivity index (χ3n) is 3.21. The van der Waals surface area contributed by atoms with Gasteiger partial charge in [0.25, 0.3) is 0 Å². The van der Waals surface area contributed by atoms with Gasteiger partial charge in [-0.3, -0.25) is 4.79 Å². The molecule has 112 valence electrons. The van der Waals surface area contributed by atoms with Gasteiger partial charge < -0.3 is 10.1 Å². The Kier molecular flexibility index (Phi) is 5.10. The Hall–Kier alpha value is -2.87. The van der Waals surface area contributed by atoms with Gasteiger partial charge in [0.2, 0.25) is 5.91 Å². The van der Waals surface area contributed by atoms with Crippen LogP contribution in [0.25, 0.3) is 0 Å². The summed E-state index contributed by atoms with van der Waals surface area (Å²) in [6.45, 7) is 1.84. The number of pyridine rings is 1. The number of carbonyl (C=O) groups excluding carboxylic acids is 1. The van der Waals surface area contributed by atoms with Crippen LogP contribution in [0, 0.1) is 24.2 Å². The highest BCUT2D eigenvalue weighted by Gasteiger charge is 2.19. The van der Waals surface area contributed by atoms with Gasteiger partial charge in [-0.15, -0.1) is 0 Å². The molecule has 1 heterocycles. The van der Waals surface area contributed by atoms with Gasteiger partial charge in [-0.1, -0.05) is 18.2 Å². The molecule has 2 rings (SSSR count). The molecule has 1 aromatic carbocycles. The van der Waals surface area contributed by atoms with Gasteiger partial charge >= 0.3 is 0 Å². The second-order valence-electron chi connectivity index (χ2n) is 4.89. The molecule has 0 saturated heterocycles. The Bertz CT molecular complexity index is 690. The van der Waals surface area contributed by atoms with Crippen LogP contribution in [0.3, 0.4) is 0 Å². The van der Waals surface area contributed by atoms with E-state index in [1.54, 1.807) is 13.2 Å². The number of nitrogens with zero attached hydrogens (tertiary/aromatic N) is 2. The first kappa shape index (κ1) is 15.5. The molecule has 1 N–H and O–H groups in total. The number of ether oxygens (including phenoxy) is 1. The van der Waals surface area contributed by atoms with Crippen molar-refractivity contribution in [3.05, 3.63) is 53.7 Å². The SMILES string of the molecule is COc1ccc(C[C@@H](C#N)C(=O)Nc2cccc(C)n2)cc1. The molecular formula is C17H17N3O2. The lowest BCUT2D eigenvalue weighted by Gasteiger charge is -2.10. The van der Waals surface area contributed by atoms with E-state index < -0.39 is 5.92 Å². The van der Waals surface area contributed by atoms with Crippen molar-refractivity contribution in [1.82, 2.24) is 4.98 Å². The first-order valence-electron chi connectivity index (χ1n) is 6.89. The van der Waals surface area contributed by atoms with Crippen molar-refractivity contribution in [2.45, 2.75) is 13.3 Å². The molecule has 0 aliphatic carbocycles. The van der Waals surface area contributed by atoms with Gasteiger partial charge in [-0.05, 0) is 43.2 Å². The van der Waals surface area contributed by atoms with Crippen LogP contribution in [0.1, 0.15) is 11.3 Å². The summed E-state index contributed by atoms with van der Waals surface area (Å²) < 4.78 is 5.09. The molecule has 0 aliphatic rings. The van der Waals surface area contributed by atoms with Crippen LogP contribution in [0.2, 0.25) is 0 Å². The van der Waals surface area contributed by atoms with E-state index in [2.05, 4.69) is 10.3 Å². The van der Waals surface area contributed by atoms with Crippen molar-refractivity contribution in [2.24, 2.45) is 5.92 Å². The molecule has 0 unspecified atom stereocenters. The van der Waals surface area contributed by atoms with Crippen LogP contribution in [0.5, 0.6) is 5.75 Å². The topological polar surface area (TPSA) is 75.0 Å². The van der Waals surface area contributed by atoms with Gasteiger partial charge in [-0.25, -0.2) is 4.98 Å². The monoisotopic (exact) mass is 295 g/mol. The lowest BCUT2D eigenvalue weighted by molar-refractivity contribution is -0.118. The first-order valence-corrected chi connectivity index (χ1v) is 6.89. The zero-order chi connectivity index (χ0) is 15.9. The van der Waals surface area contributed by atoms with E-state index in [0.29, 0.717) is 12.2 Å². The van der Waals surface area contributed by atoms with Crippen LogP contribution in [-0.4, -0.2) is 18.0 Å². The summed E-state index contributed by atoms with van der Waals surface area (Å²) in [6.07, 6.45) is 0.345. The largest absolute Gasteiger partial charge is 0.497 e. The highest BCUT2D eigenvalue weighted by Crippen LogP contribution is 2.16. The van der Waals surface area contributed by atoms with Crippen LogP contribution in [-0.2, 0) is 11.2 Å². The predicted octanol–water partition coefficient (Wildman–Crippen LogP) is 2.72. The minimum atomic E-state index is -0.768. The maximum Gasteiger partial charge on any atom is 0.243 e. The average molecular weight is 295 g/mol. The highest BCUT2D eigenvalue weighted by molar-refractivity contribution is 5.93. The summed E-state index contributed by atoms with van der Waals surface area (Å²) in [5, 5.41) is 11.9. The third-order valence-corrected chi connectivity index (χ3v) is 3.21. The molecule has 2 aromatic rings. The number of carbonyl (C=O) groups is 1. The molecule has 0 saturated carbocycles. The molecule has 1 aromatic heterocycles. The Labute approximate surface area is 129 Å². The Morgan fingerprint density at radius 1 is 1.32 bits per heavy atom. The maximum absolute atomic E-state index is 12.2. The normalized spacial score (nSPS) is 11.3. The number of nitrogens with one attached hydrogen (secondary N) is 1. The molecule has 5 nitrogen and oxygen atoms in total. The van der Waals surface area contributed by atoms with E-state index >= 15 is 0 Å². The fourth-order valence-corrected chi connectivity index (χ4v) is 2.02. The van der Waals surface area contributed by atoms with Crippen molar-refractivity contribution in [2.75, 3.05) is 12.4 Å². The summed E-state index contributed by atoms with van der Waals surface area (Å²) in [6, 6.07) is 14.7. The predicted molar refractivity (Wildman–Crippen MR) is 83.4 cm³/mol. The Morgan fingerprint density at radius 2 is 2.05 bits per heavy atom. The van der Waals surface area contributed by atoms with Gasteiger partial charge in [0.1, 0.15) is 17.5 Å². The maximum atomic E-state index is 12.2. The molecule has 0 radical (unpaired) electrons. The lowest BCUT2D eigenvalue weighted by Crippen LogP contribution is -2.24. The van der Waals surface area contributed by atoms with Crippen molar-refractivity contribution in [3.8, 4) is 11.8 Å². The molecule has 0 fully saturated rings. The number of amides is 1. The average Bonchev–Trinajstić information content (AvgIpc) is 2.53. The van der Waals surface area contributed by atoms with Crippen molar-refractivity contribution < 1.29 is 9.53 Å². The zero-order valence-electron chi connectivity index (χ0n) is 12.5. The zero-order valence-corrected chi connectivity index (χ0v) is 12.5. The van der Waals surface area contributed by atoms with E-state index in [0.717, 1.165) is 17.0 Å². The summed E-state index contributed by atoms with van der Waals surface area (Å²) in [5.41, 5.74) is 1.71. The van der Waals surface area contributed by atoms with Crippen LogP contribution in [0.4, 0.5) is 5.82 Å². The van der Waals surface area contributed by atoms with E-state index in [-0.39, 0.29) is 5.91 Å². The summed E-state index contributed by atoms with van der Waals surface area (Å²) in [5.74, 6) is 0.0813. The van der Waals surface area contributed by atoms with Gasteiger partial charge in [0.15, 0.2) is 0 Å². The first-order chi connectivity index (χ1) is 10.6. The van der Waals surface area contributed by atoms with Crippen molar-refractivity contribution >= 4 is 11.7 Å². The Balaban J connectivity index is 2.04.